The molecule has 0 unspecified atom stereocenters. The highest BCUT2D eigenvalue weighted by Gasteiger charge is 2.30. The highest BCUT2D eigenvalue weighted by Crippen LogP contribution is 2.32. The van der Waals surface area contributed by atoms with Crippen molar-refractivity contribution in [2.24, 2.45) is 11.7 Å². The van der Waals surface area contributed by atoms with Crippen LogP contribution in [0.1, 0.15) is 18.4 Å². The Labute approximate surface area is 117 Å². The van der Waals surface area contributed by atoms with Gasteiger partial charge in [-0.25, -0.2) is 17.1 Å². The summed E-state index contributed by atoms with van der Waals surface area (Å²) in [6.45, 7) is 0.454. The lowest BCUT2D eigenvalue weighted by Gasteiger charge is -2.17. The fraction of sp³-hybridized carbons (Fsp3) is 0.500. The molecule has 0 spiro atoms. The molecule has 2 rings (SSSR count). The molecule has 0 radical (unpaired) electrons. The van der Waals surface area contributed by atoms with Gasteiger partial charge in [0.1, 0.15) is 5.82 Å². The lowest BCUT2D eigenvalue weighted by Crippen LogP contribution is -2.29. The summed E-state index contributed by atoms with van der Waals surface area (Å²) in [6.07, 6.45) is 2.09. The molecule has 1 saturated carbocycles. The number of nitrogens with two attached hydrogens (primary N) is 1. The zero-order valence-electron chi connectivity index (χ0n) is 10.6. The molecule has 1 aliphatic carbocycles. The van der Waals surface area contributed by atoms with Crippen molar-refractivity contribution < 1.29 is 12.8 Å². The molecule has 1 aliphatic rings. The number of hydrogen-bond acceptors (Lipinski definition) is 3. The number of nitrogens with zero attached hydrogens (tertiary/aromatic N) is 1. The summed E-state index contributed by atoms with van der Waals surface area (Å²) >= 11 is 5.73. The van der Waals surface area contributed by atoms with E-state index in [2.05, 4.69) is 0 Å². The zero-order valence-corrected chi connectivity index (χ0v) is 12.1. The van der Waals surface area contributed by atoms with E-state index in [1.165, 1.54) is 17.4 Å². The van der Waals surface area contributed by atoms with Crippen molar-refractivity contribution in [3.05, 3.63) is 28.5 Å². The van der Waals surface area contributed by atoms with Crippen LogP contribution in [-0.2, 0) is 16.6 Å². The zero-order chi connectivity index (χ0) is 14.2. The monoisotopic (exact) mass is 306 g/mol. The first-order valence-electron chi connectivity index (χ1n) is 6.00. The van der Waals surface area contributed by atoms with E-state index >= 15 is 0 Å². The Balaban J connectivity index is 2.36. The average molecular weight is 307 g/mol. The first-order valence-corrected chi connectivity index (χ1v) is 7.82. The van der Waals surface area contributed by atoms with E-state index < -0.39 is 15.8 Å². The number of halogens is 2. The lowest BCUT2D eigenvalue weighted by molar-refractivity contribution is 0.452. The molecule has 0 bridgehead atoms. The summed E-state index contributed by atoms with van der Waals surface area (Å²) in [5.74, 6) is -0.339. The summed E-state index contributed by atoms with van der Waals surface area (Å²) in [5.41, 5.74) is 5.73. The van der Waals surface area contributed by atoms with E-state index in [1.807, 2.05) is 0 Å². The normalized spacial score (nSPS) is 16.1. The molecule has 0 saturated heterocycles. The minimum Gasteiger partial charge on any atom is -0.326 e. The van der Waals surface area contributed by atoms with Gasteiger partial charge in [0, 0.05) is 20.1 Å². The summed E-state index contributed by atoms with van der Waals surface area (Å²) in [6, 6.07) is 2.28. The quantitative estimate of drug-likeness (QED) is 0.904. The summed E-state index contributed by atoms with van der Waals surface area (Å²) in [5, 5.41) is -0.119. The van der Waals surface area contributed by atoms with Crippen LogP contribution in [0.15, 0.2) is 17.0 Å². The van der Waals surface area contributed by atoms with Crippen LogP contribution in [0.3, 0.4) is 0 Å². The molecule has 1 aromatic carbocycles. The number of sulfonamides is 1. The third kappa shape index (κ3) is 3.08. The second kappa shape index (κ2) is 5.36. The van der Waals surface area contributed by atoms with Gasteiger partial charge in [-0.1, -0.05) is 11.6 Å². The predicted octanol–water partition coefficient (Wildman–Crippen LogP) is 1.97. The van der Waals surface area contributed by atoms with E-state index in [9.17, 15) is 12.8 Å². The van der Waals surface area contributed by atoms with Crippen LogP contribution in [0.25, 0.3) is 0 Å². The van der Waals surface area contributed by atoms with Crippen molar-refractivity contribution in [1.29, 1.82) is 0 Å². The maximum absolute atomic E-state index is 13.6. The van der Waals surface area contributed by atoms with Gasteiger partial charge in [0.2, 0.25) is 10.0 Å². The van der Waals surface area contributed by atoms with Gasteiger partial charge < -0.3 is 5.73 Å². The molecular weight excluding hydrogens is 291 g/mol. The number of rotatable bonds is 5. The van der Waals surface area contributed by atoms with E-state index in [0.717, 1.165) is 18.9 Å². The second-order valence-electron chi connectivity index (χ2n) is 4.81. The van der Waals surface area contributed by atoms with Crippen LogP contribution in [0.2, 0.25) is 5.02 Å². The molecule has 7 heteroatoms. The van der Waals surface area contributed by atoms with Crippen molar-refractivity contribution in [2.75, 3.05) is 13.6 Å². The number of benzene rings is 1. The molecule has 1 aromatic rings. The molecule has 4 nitrogen and oxygen atoms in total. The molecule has 2 N–H and O–H groups in total. The summed E-state index contributed by atoms with van der Waals surface area (Å²) in [4.78, 5) is -0.0991. The summed E-state index contributed by atoms with van der Waals surface area (Å²) < 4.78 is 39.5. The van der Waals surface area contributed by atoms with Gasteiger partial charge in [-0.15, -0.1) is 0 Å². The molecule has 0 heterocycles. The Hall–Kier alpha value is -0.690. The third-order valence-corrected chi connectivity index (χ3v) is 5.44. The van der Waals surface area contributed by atoms with E-state index in [1.54, 1.807) is 0 Å². The maximum Gasteiger partial charge on any atom is 0.242 e. The van der Waals surface area contributed by atoms with E-state index in [0.29, 0.717) is 18.0 Å². The Morgan fingerprint density at radius 1 is 1.47 bits per heavy atom. The van der Waals surface area contributed by atoms with Crippen molar-refractivity contribution in [2.45, 2.75) is 24.3 Å². The molecule has 0 aromatic heterocycles. The van der Waals surface area contributed by atoms with Crippen molar-refractivity contribution in [3.8, 4) is 0 Å². The highest BCUT2D eigenvalue weighted by atomic mass is 35.5. The molecule has 106 valence electrons. The topological polar surface area (TPSA) is 63.4 Å². The van der Waals surface area contributed by atoms with Gasteiger partial charge in [-0.3, -0.25) is 0 Å². The van der Waals surface area contributed by atoms with Gasteiger partial charge in [0.25, 0.3) is 0 Å². The predicted molar refractivity (Wildman–Crippen MR) is 71.8 cm³/mol. The molecule has 0 atom stereocenters. The fourth-order valence-electron chi connectivity index (χ4n) is 1.86. The Kier molecular flexibility index (Phi) is 4.15. The maximum atomic E-state index is 13.6. The van der Waals surface area contributed by atoms with Gasteiger partial charge >= 0.3 is 0 Å². The third-order valence-electron chi connectivity index (χ3n) is 3.22. The van der Waals surface area contributed by atoms with Crippen LogP contribution in [0.4, 0.5) is 4.39 Å². The Bertz CT molecular complexity index is 588. The molecular formula is C12H16ClFN2O2S. The Morgan fingerprint density at radius 3 is 2.63 bits per heavy atom. The molecule has 1 fully saturated rings. The van der Waals surface area contributed by atoms with Crippen LogP contribution in [0, 0.1) is 11.7 Å². The molecule has 19 heavy (non-hydrogen) atoms. The lowest BCUT2D eigenvalue weighted by atomic mass is 10.2. The first-order chi connectivity index (χ1) is 8.86. The minimum absolute atomic E-state index is 0.00848. The van der Waals surface area contributed by atoms with Crippen LogP contribution >= 0.6 is 11.6 Å². The van der Waals surface area contributed by atoms with Crippen LogP contribution < -0.4 is 5.73 Å². The molecule has 0 aliphatic heterocycles. The highest BCUT2D eigenvalue weighted by molar-refractivity contribution is 7.89. The summed E-state index contributed by atoms with van der Waals surface area (Å²) in [7, 11) is -2.18. The second-order valence-corrected chi connectivity index (χ2v) is 7.23. The minimum atomic E-state index is -3.69. The van der Waals surface area contributed by atoms with Crippen molar-refractivity contribution >= 4 is 21.6 Å². The first kappa shape index (κ1) is 14.7. The van der Waals surface area contributed by atoms with Gasteiger partial charge in [-0.05, 0) is 36.5 Å². The van der Waals surface area contributed by atoms with Crippen LogP contribution in [-0.4, -0.2) is 26.3 Å². The van der Waals surface area contributed by atoms with Crippen molar-refractivity contribution in [1.82, 2.24) is 4.31 Å². The smallest absolute Gasteiger partial charge is 0.242 e. The van der Waals surface area contributed by atoms with Gasteiger partial charge in [-0.2, -0.15) is 0 Å². The largest absolute Gasteiger partial charge is 0.326 e. The van der Waals surface area contributed by atoms with Crippen LogP contribution in [0.5, 0.6) is 0 Å². The van der Waals surface area contributed by atoms with Gasteiger partial charge in [0.15, 0.2) is 0 Å². The SMILES string of the molecule is CN(CC1CC1)S(=O)(=O)c1cc(F)c(Cl)c(CN)c1. The Morgan fingerprint density at radius 2 is 2.11 bits per heavy atom. The fourth-order valence-corrected chi connectivity index (χ4v) is 3.35. The standard InChI is InChI=1S/C12H16ClFN2O2S/c1-16(7-8-2-3-8)19(17,18)10-4-9(6-15)12(13)11(14)5-10/h4-5,8H,2-3,6-7,15H2,1H3. The van der Waals surface area contributed by atoms with Crippen molar-refractivity contribution in [3.63, 3.8) is 0 Å². The number of hydrogen-bond donors (Lipinski definition) is 1. The van der Waals surface area contributed by atoms with E-state index in [-0.39, 0.29) is 16.5 Å². The average Bonchev–Trinajstić information content (AvgIpc) is 3.16. The van der Waals surface area contributed by atoms with E-state index in [4.69, 9.17) is 17.3 Å². The molecule has 0 amide bonds. The van der Waals surface area contributed by atoms with Gasteiger partial charge in [0.05, 0.1) is 9.92 Å².